The van der Waals surface area contributed by atoms with Crippen LogP contribution >= 0.6 is 12.6 Å². The van der Waals surface area contributed by atoms with Crippen LogP contribution in [0.15, 0.2) is 0 Å². The summed E-state index contributed by atoms with van der Waals surface area (Å²) in [5.74, 6) is -0.00449. The Labute approximate surface area is 103 Å². The molecule has 1 fully saturated rings. The molecule has 3 nitrogen and oxygen atoms in total. The number of carbonyl (C=O) groups excluding carboxylic acids is 1. The Hall–Kier alpha value is -0.220. The van der Waals surface area contributed by atoms with Crippen LogP contribution in [0.5, 0.6) is 0 Å². The highest BCUT2D eigenvalue weighted by molar-refractivity contribution is 7.81. The van der Waals surface area contributed by atoms with Crippen LogP contribution in [0.2, 0.25) is 0 Å². The summed E-state index contributed by atoms with van der Waals surface area (Å²) in [4.78, 5) is 11.7. The fourth-order valence-corrected chi connectivity index (χ4v) is 2.01. The molecule has 0 N–H and O–H groups in total. The standard InChI is InChI=1S/C12H22O3S/c1-7(2)11(16)12(13)15-10-5-8(3)14-9(4)6-10/h7-11,16H,5-6H2,1-4H3. The van der Waals surface area contributed by atoms with Gasteiger partial charge in [-0.2, -0.15) is 12.6 Å². The smallest absolute Gasteiger partial charge is 0.319 e. The number of hydrogen-bond donors (Lipinski definition) is 1. The lowest BCUT2D eigenvalue weighted by atomic mass is 10.0. The minimum absolute atomic E-state index is 0.0142. The van der Waals surface area contributed by atoms with E-state index < -0.39 is 0 Å². The van der Waals surface area contributed by atoms with E-state index in [9.17, 15) is 4.79 Å². The summed E-state index contributed by atoms with van der Waals surface area (Å²) in [6.45, 7) is 7.95. The highest BCUT2D eigenvalue weighted by Gasteiger charge is 2.29. The first-order valence-electron chi connectivity index (χ1n) is 5.94. The number of ether oxygens (including phenoxy) is 2. The van der Waals surface area contributed by atoms with Crippen molar-refractivity contribution in [1.82, 2.24) is 0 Å². The first-order chi connectivity index (χ1) is 7.40. The predicted octanol–water partition coefficient (Wildman–Crippen LogP) is 2.44. The molecule has 94 valence electrons. The molecule has 0 aromatic carbocycles. The molecule has 1 heterocycles. The molecule has 3 atom stereocenters. The third kappa shape index (κ3) is 3.98. The normalized spacial score (nSPS) is 32.5. The Bertz CT molecular complexity index is 232. The highest BCUT2D eigenvalue weighted by atomic mass is 32.1. The summed E-state index contributed by atoms with van der Waals surface area (Å²) in [5.41, 5.74) is 0. The molecule has 4 heteroatoms. The van der Waals surface area contributed by atoms with Gasteiger partial charge in [-0.3, -0.25) is 4.79 Å². The Balaban J connectivity index is 2.44. The van der Waals surface area contributed by atoms with Gasteiger partial charge in [0.25, 0.3) is 0 Å². The van der Waals surface area contributed by atoms with Crippen molar-refractivity contribution in [3.63, 3.8) is 0 Å². The van der Waals surface area contributed by atoms with Crippen molar-refractivity contribution in [1.29, 1.82) is 0 Å². The lowest BCUT2D eigenvalue weighted by Gasteiger charge is -2.32. The quantitative estimate of drug-likeness (QED) is 0.613. The van der Waals surface area contributed by atoms with Gasteiger partial charge in [-0.15, -0.1) is 0 Å². The first kappa shape index (κ1) is 13.8. The van der Waals surface area contributed by atoms with Crippen LogP contribution in [0.4, 0.5) is 0 Å². The highest BCUT2D eigenvalue weighted by Crippen LogP contribution is 2.23. The molecule has 16 heavy (non-hydrogen) atoms. The Kier molecular flexibility index (Phi) is 5.12. The van der Waals surface area contributed by atoms with Crippen LogP contribution in [0, 0.1) is 5.92 Å². The number of carbonyl (C=O) groups is 1. The van der Waals surface area contributed by atoms with Crippen LogP contribution in [0.1, 0.15) is 40.5 Å². The number of rotatable bonds is 3. The molecule has 0 bridgehead atoms. The van der Waals surface area contributed by atoms with Gasteiger partial charge in [0.05, 0.1) is 12.2 Å². The minimum Gasteiger partial charge on any atom is -0.461 e. The van der Waals surface area contributed by atoms with Gasteiger partial charge in [-0.1, -0.05) is 13.8 Å². The number of hydrogen-bond acceptors (Lipinski definition) is 4. The van der Waals surface area contributed by atoms with Gasteiger partial charge in [0.2, 0.25) is 0 Å². The molecule has 1 aliphatic heterocycles. The lowest BCUT2D eigenvalue weighted by Crippen LogP contribution is -2.37. The van der Waals surface area contributed by atoms with Gasteiger partial charge < -0.3 is 9.47 Å². The molecule has 0 aromatic heterocycles. The second kappa shape index (κ2) is 5.92. The Morgan fingerprint density at radius 2 is 1.81 bits per heavy atom. The predicted molar refractivity (Wildman–Crippen MR) is 66.7 cm³/mol. The molecule has 1 rings (SSSR count). The fraction of sp³-hybridized carbons (Fsp3) is 0.917. The maximum atomic E-state index is 11.7. The van der Waals surface area contributed by atoms with E-state index in [4.69, 9.17) is 9.47 Å². The van der Waals surface area contributed by atoms with Gasteiger partial charge >= 0.3 is 5.97 Å². The van der Waals surface area contributed by atoms with Crippen molar-refractivity contribution in [2.45, 2.75) is 64.1 Å². The van der Waals surface area contributed by atoms with E-state index in [-0.39, 0.29) is 35.4 Å². The molecule has 0 spiro atoms. The summed E-state index contributed by atoms with van der Waals surface area (Å²) in [5, 5.41) is -0.326. The topological polar surface area (TPSA) is 35.5 Å². The molecule has 1 aliphatic rings. The van der Waals surface area contributed by atoms with Gasteiger partial charge in [0.15, 0.2) is 0 Å². The van der Waals surface area contributed by atoms with Gasteiger partial charge in [-0.25, -0.2) is 0 Å². The maximum Gasteiger partial charge on any atom is 0.319 e. The van der Waals surface area contributed by atoms with E-state index in [2.05, 4.69) is 12.6 Å². The van der Waals surface area contributed by atoms with Crippen molar-refractivity contribution in [2.75, 3.05) is 0 Å². The summed E-state index contributed by atoms with van der Waals surface area (Å²) in [6, 6.07) is 0. The van der Waals surface area contributed by atoms with Crippen LogP contribution in [0.25, 0.3) is 0 Å². The fourth-order valence-electron chi connectivity index (χ4n) is 1.95. The monoisotopic (exact) mass is 246 g/mol. The summed E-state index contributed by atoms with van der Waals surface area (Å²) < 4.78 is 11.1. The largest absolute Gasteiger partial charge is 0.461 e. The summed E-state index contributed by atoms with van der Waals surface area (Å²) in [7, 11) is 0. The van der Waals surface area contributed by atoms with Crippen LogP contribution in [0.3, 0.4) is 0 Å². The van der Waals surface area contributed by atoms with Crippen LogP contribution in [-0.4, -0.2) is 29.5 Å². The van der Waals surface area contributed by atoms with Crippen molar-refractivity contribution < 1.29 is 14.3 Å². The van der Waals surface area contributed by atoms with Gasteiger partial charge in [-0.05, 0) is 19.8 Å². The molecule has 0 saturated carbocycles. The van der Waals surface area contributed by atoms with Crippen LogP contribution < -0.4 is 0 Å². The number of esters is 1. The van der Waals surface area contributed by atoms with Crippen molar-refractivity contribution >= 4 is 18.6 Å². The molecule has 0 radical (unpaired) electrons. The molecular weight excluding hydrogens is 224 g/mol. The zero-order valence-electron chi connectivity index (χ0n) is 10.5. The van der Waals surface area contributed by atoms with E-state index in [1.54, 1.807) is 0 Å². The number of thiol groups is 1. The zero-order valence-corrected chi connectivity index (χ0v) is 11.4. The SMILES string of the molecule is CC1CC(OC(=O)C(S)C(C)C)CC(C)O1. The van der Waals surface area contributed by atoms with E-state index in [0.717, 1.165) is 12.8 Å². The second-order valence-corrected chi connectivity index (χ2v) is 5.53. The Morgan fingerprint density at radius 1 is 1.31 bits per heavy atom. The summed E-state index contributed by atoms with van der Waals surface area (Å²) in [6.07, 6.45) is 1.89. The van der Waals surface area contributed by atoms with E-state index in [0.29, 0.717) is 0 Å². The third-order valence-corrected chi connectivity index (χ3v) is 3.62. The van der Waals surface area contributed by atoms with Crippen molar-refractivity contribution in [2.24, 2.45) is 5.92 Å². The zero-order chi connectivity index (χ0) is 12.3. The molecular formula is C12H22O3S. The van der Waals surface area contributed by atoms with Crippen molar-refractivity contribution in [3.05, 3.63) is 0 Å². The molecule has 3 unspecified atom stereocenters. The minimum atomic E-state index is -0.326. The van der Waals surface area contributed by atoms with Gasteiger partial charge in [0, 0.05) is 12.8 Å². The average Bonchev–Trinajstić information content (AvgIpc) is 2.14. The lowest BCUT2D eigenvalue weighted by molar-refractivity contribution is -0.159. The Morgan fingerprint density at radius 3 is 2.25 bits per heavy atom. The van der Waals surface area contributed by atoms with Crippen LogP contribution in [-0.2, 0) is 14.3 Å². The second-order valence-electron chi connectivity index (χ2n) is 4.98. The first-order valence-corrected chi connectivity index (χ1v) is 6.45. The van der Waals surface area contributed by atoms with Gasteiger partial charge in [0.1, 0.15) is 11.4 Å². The van der Waals surface area contributed by atoms with E-state index in [1.165, 1.54) is 0 Å². The summed E-state index contributed by atoms with van der Waals surface area (Å²) >= 11 is 4.26. The molecule has 1 saturated heterocycles. The van der Waals surface area contributed by atoms with E-state index >= 15 is 0 Å². The molecule has 0 amide bonds. The van der Waals surface area contributed by atoms with E-state index in [1.807, 2.05) is 27.7 Å². The average molecular weight is 246 g/mol. The maximum absolute atomic E-state index is 11.7. The molecule has 0 aromatic rings. The van der Waals surface area contributed by atoms with Crippen molar-refractivity contribution in [3.8, 4) is 0 Å². The molecule has 0 aliphatic carbocycles. The third-order valence-electron chi connectivity index (χ3n) is 2.81.